The van der Waals surface area contributed by atoms with Crippen LogP contribution in [0, 0.1) is 0 Å². The summed E-state index contributed by atoms with van der Waals surface area (Å²) in [7, 11) is 3.33. The number of aromatic nitrogens is 2. The Hall–Kier alpha value is -2.29. The summed E-state index contributed by atoms with van der Waals surface area (Å²) in [5.74, 6) is 0.774. The van der Waals surface area contributed by atoms with Crippen molar-refractivity contribution in [2.24, 2.45) is 0 Å². The van der Waals surface area contributed by atoms with Crippen LogP contribution in [0.25, 0.3) is 10.9 Å². The number of rotatable bonds is 9. The highest BCUT2D eigenvalue weighted by Gasteiger charge is 2.16. The monoisotopic (exact) mass is 435 g/mol. The van der Waals surface area contributed by atoms with Gasteiger partial charge in [0.25, 0.3) is 5.56 Å². The lowest BCUT2D eigenvalue weighted by Gasteiger charge is -2.17. The predicted molar refractivity (Wildman–Crippen MR) is 113 cm³/mol. The molecule has 0 aliphatic heterocycles. The fourth-order valence-electron chi connectivity index (χ4n) is 2.81. The van der Waals surface area contributed by atoms with Crippen LogP contribution in [-0.2, 0) is 22.6 Å². The van der Waals surface area contributed by atoms with Gasteiger partial charge in [-0.15, -0.1) is 0 Å². The minimum absolute atomic E-state index is 0.0877. The minimum Gasteiger partial charge on any atom is -0.467 e. The molecule has 1 amide bonds. The maximum Gasteiger partial charge on any atom is 0.262 e. The number of halogens is 1. The Labute approximate surface area is 177 Å². The summed E-state index contributed by atoms with van der Waals surface area (Å²) in [6.07, 6.45) is 2.24. The highest BCUT2D eigenvalue weighted by molar-refractivity contribution is 7.99. The van der Waals surface area contributed by atoms with Gasteiger partial charge in [-0.05, 0) is 36.8 Å². The molecular formula is C20H22ClN3O4S. The van der Waals surface area contributed by atoms with Crippen molar-refractivity contribution < 1.29 is 13.9 Å². The lowest BCUT2D eigenvalue weighted by molar-refractivity contribution is -0.127. The van der Waals surface area contributed by atoms with Gasteiger partial charge >= 0.3 is 0 Å². The zero-order valence-corrected chi connectivity index (χ0v) is 17.8. The van der Waals surface area contributed by atoms with Crippen molar-refractivity contribution in [1.82, 2.24) is 14.5 Å². The van der Waals surface area contributed by atoms with Crippen molar-refractivity contribution in [3.63, 3.8) is 0 Å². The first kappa shape index (κ1) is 21.4. The number of ether oxygens (including phenoxy) is 1. The second kappa shape index (κ2) is 9.96. The number of amides is 1. The zero-order chi connectivity index (χ0) is 20.8. The number of benzene rings is 1. The largest absolute Gasteiger partial charge is 0.467 e. The zero-order valence-electron chi connectivity index (χ0n) is 16.3. The molecule has 2 aromatic heterocycles. The highest BCUT2D eigenvalue weighted by Crippen LogP contribution is 2.21. The summed E-state index contributed by atoms with van der Waals surface area (Å²) in [6, 6.07) is 8.61. The third-order valence-corrected chi connectivity index (χ3v) is 5.53. The number of methoxy groups -OCH3 is 1. The molecule has 7 nitrogen and oxygen atoms in total. The van der Waals surface area contributed by atoms with Crippen LogP contribution in [0.1, 0.15) is 12.2 Å². The summed E-state index contributed by atoms with van der Waals surface area (Å²) >= 11 is 7.30. The SMILES string of the molecule is COCCCn1c(SCC(=O)N(C)Cc2ccco2)nc2cc(Cl)ccc2c1=O. The molecule has 0 saturated carbocycles. The second-order valence-electron chi connectivity index (χ2n) is 6.48. The second-order valence-corrected chi connectivity index (χ2v) is 7.86. The maximum atomic E-state index is 13.0. The van der Waals surface area contributed by atoms with Crippen molar-refractivity contribution >= 4 is 40.2 Å². The molecule has 0 N–H and O–H groups in total. The molecule has 1 aromatic carbocycles. The Bertz CT molecular complexity index is 1040. The molecule has 0 aliphatic rings. The van der Waals surface area contributed by atoms with Crippen LogP contribution in [0.3, 0.4) is 0 Å². The van der Waals surface area contributed by atoms with Crippen molar-refractivity contribution in [3.05, 3.63) is 57.7 Å². The molecule has 154 valence electrons. The van der Waals surface area contributed by atoms with Gasteiger partial charge in [0.1, 0.15) is 5.76 Å². The van der Waals surface area contributed by atoms with Crippen LogP contribution >= 0.6 is 23.4 Å². The van der Waals surface area contributed by atoms with E-state index in [2.05, 4.69) is 4.98 Å². The first-order valence-corrected chi connectivity index (χ1v) is 10.4. The standard InChI is InChI=1S/C20H22ClN3O4S/c1-23(12-15-5-3-10-28-15)18(25)13-29-20-22-17-11-14(21)6-7-16(17)19(26)24(20)8-4-9-27-2/h3,5-7,10-11H,4,8-9,12-13H2,1-2H3. The van der Waals surface area contributed by atoms with Gasteiger partial charge in [-0.2, -0.15) is 0 Å². The van der Waals surface area contributed by atoms with Crippen LogP contribution < -0.4 is 5.56 Å². The first-order valence-electron chi connectivity index (χ1n) is 9.07. The Morgan fingerprint density at radius 2 is 2.21 bits per heavy atom. The Morgan fingerprint density at radius 1 is 1.38 bits per heavy atom. The van der Waals surface area contributed by atoms with Gasteiger partial charge in [-0.1, -0.05) is 23.4 Å². The smallest absolute Gasteiger partial charge is 0.262 e. The van der Waals surface area contributed by atoms with Gasteiger partial charge in [-0.3, -0.25) is 14.2 Å². The predicted octanol–water partition coefficient (Wildman–Crippen LogP) is 3.43. The molecule has 3 rings (SSSR count). The highest BCUT2D eigenvalue weighted by atomic mass is 35.5. The van der Waals surface area contributed by atoms with Crippen molar-refractivity contribution in [2.45, 2.75) is 24.7 Å². The average molecular weight is 436 g/mol. The number of nitrogens with zero attached hydrogens (tertiary/aromatic N) is 3. The van der Waals surface area contributed by atoms with Crippen LogP contribution in [0.2, 0.25) is 5.02 Å². The molecule has 2 heterocycles. The first-order chi connectivity index (χ1) is 14.0. The van der Waals surface area contributed by atoms with E-state index in [0.29, 0.717) is 53.0 Å². The van der Waals surface area contributed by atoms with Gasteiger partial charge in [-0.25, -0.2) is 4.98 Å². The number of carbonyl (C=O) groups excluding carboxylic acids is 1. The van der Waals surface area contributed by atoms with E-state index in [-0.39, 0.29) is 17.2 Å². The molecule has 0 saturated heterocycles. The summed E-state index contributed by atoms with van der Waals surface area (Å²) < 4.78 is 12.0. The molecule has 0 unspecified atom stereocenters. The van der Waals surface area contributed by atoms with E-state index in [1.807, 2.05) is 6.07 Å². The van der Waals surface area contributed by atoms with E-state index in [1.165, 1.54) is 11.8 Å². The van der Waals surface area contributed by atoms with E-state index in [1.54, 1.807) is 54.2 Å². The Kier molecular flexibility index (Phi) is 7.35. The third-order valence-electron chi connectivity index (χ3n) is 4.34. The summed E-state index contributed by atoms with van der Waals surface area (Å²) in [5, 5.41) is 1.49. The van der Waals surface area contributed by atoms with Crippen LogP contribution in [0.5, 0.6) is 0 Å². The van der Waals surface area contributed by atoms with Crippen LogP contribution in [0.4, 0.5) is 0 Å². The van der Waals surface area contributed by atoms with E-state index in [9.17, 15) is 9.59 Å². The van der Waals surface area contributed by atoms with Gasteiger partial charge in [0.05, 0.1) is 29.5 Å². The van der Waals surface area contributed by atoms with E-state index < -0.39 is 0 Å². The summed E-state index contributed by atoms with van der Waals surface area (Å²) in [4.78, 5) is 31.7. The summed E-state index contributed by atoms with van der Waals surface area (Å²) in [6.45, 7) is 1.37. The molecule has 0 radical (unpaired) electrons. The molecule has 9 heteroatoms. The number of fused-ring (bicyclic) bond motifs is 1. The van der Waals surface area contributed by atoms with Gasteiger partial charge in [0.15, 0.2) is 5.16 Å². The average Bonchev–Trinajstić information content (AvgIpc) is 3.20. The Balaban J connectivity index is 1.81. The molecular weight excluding hydrogens is 414 g/mol. The number of hydrogen-bond acceptors (Lipinski definition) is 6. The lowest BCUT2D eigenvalue weighted by atomic mass is 10.2. The normalized spacial score (nSPS) is 11.1. The number of hydrogen-bond donors (Lipinski definition) is 0. The minimum atomic E-state index is -0.151. The van der Waals surface area contributed by atoms with Crippen molar-refractivity contribution in [3.8, 4) is 0 Å². The van der Waals surface area contributed by atoms with Crippen LogP contribution in [-0.4, -0.2) is 46.9 Å². The van der Waals surface area contributed by atoms with Crippen molar-refractivity contribution in [2.75, 3.05) is 26.5 Å². The molecule has 0 fully saturated rings. The van der Waals surface area contributed by atoms with E-state index >= 15 is 0 Å². The fraction of sp³-hybridized carbons (Fsp3) is 0.350. The third kappa shape index (κ3) is 5.41. The maximum absolute atomic E-state index is 13.0. The number of carbonyl (C=O) groups is 1. The molecule has 29 heavy (non-hydrogen) atoms. The molecule has 0 bridgehead atoms. The van der Waals surface area contributed by atoms with Gasteiger partial charge < -0.3 is 14.1 Å². The number of thioether (sulfide) groups is 1. The topological polar surface area (TPSA) is 77.6 Å². The molecule has 0 atom stereocenters. The van der Waals surface area contributed by atoms with Crippen LogP contribution in [0.15, 0.2) is 51.0 Å². The molecule has 0 spiro atoms. The lowest BCUT2D eigenvalue weighted by Crippen LogP contribution is -2.29. The Morgan fingerprint density at radius 3 is 2.93 bits per heavy atom. The van der Waals surface area contributed by atoms with Gasteiger partial charge in [0.2, 0.25) is 5.91 Å². The van der Waals surface area contributed by atoms with E-state index in [4.69, 9.17) is 20.8 Å². The summed E-state index contributed by atoms with van der Waals surface area (Å²) in [5.41, 5.74) is 0.367. The molecule has 3 aromatic rings. The van der Waals surface area contributed by atoms with Crippen molar-refractivity contribution in [1.29, 1.82) is 0 Å². The van der Waals surface area contributed by atoms with Gasteiger partial charge in [0, 0.05) is 32.3 Å². The quantitative estimate of drug-likeness (QED) is 0.291. The van der Waals surface area contributed by atoms with E-state index in [0.717, 1.165) is 0 Å². The molecule has 0 aliphatic carbocycles. The number of furan rings is 1. The fourth-order valence-corrected chi connectivity index (χ4v) is 3.94.